The Balaban J connectivity index is 0.00000144. The molecule has 3 aliphatic rings. The van der Waals surface area contributed by atoms with Crippen LogP contribution in [-0.4, -0.2) is 36.0 Å². The molecular weight excluding hydrogens is 364 g/mol. The second kappa shape index (κ2) is 6.14. The molecular formula is C17H22BrClN2O. The van der Waals surface area contributed by atoms with E-state index in [4.69, 9.17) is 0 Å². The van der Waals surface area contributed by atoms with Gasteiger partial charge in [0.25, 0.3) is 0 Å². The summed E-state index contributed by atoms with van der Waals surface area (Å²) in [5.41, 5.74) is 0.975. The van der Waals surface area contributed by atoms with Crippen LogP contribution in [0.1, 0.15) is 37.7 Å². The zero-order valence-electron chi connectivity index (χ0n) is 12.6. The summed E-state index contributed by atoms with van der Waals surface area (Å²) in [7, 11) is 0. The van der Waals surface area contributed by atoms with Crippen LogP contribution >= 0.6 is 28.3 Å². The highest BCUT2D eigenvalue weighted by atomic mass is 79.9. The van der Waals surface area contributed by atoms with Crippen molar-refractivity contribution in [2.75, 3.05) is 13.1 Å². The lowest BCUT2D eigenvalue weighted by molar-refractivity contribution is -0.134. The van der Waals surface area contributed by atoms with Crippen LogP contribution in [0.5, 0.6) is 0 Å². The molecule has 2 atom stereocenters. The molecule has 0 spiro atoms. The summed E-state index contributed by atoms with van der Waals surface area (Å²) in [6.07, 6.45) is 5.62. The molecule has 120 valence electrons. The summed E-state index contributed by atoms with van der Waals surface area (Å²) in [5.74, 6) is 0.360. The lowest BCUT2D eigenvalue weighted by Crippen LogP contribution is -2.44. The molecule has 2 heterocycles. The van der Waals surface area contributed by atoms with Gasteiger partial charge >= 0.3 is 0 Å². The van der Waals surface area contributed by atoms with E-state index in [2.05, 4.69) is 50.4 Å². The number of hydrogen-bond donors (Lipinski definition) is 1. The third-order valence-corrected chi connectivity index (χ3v) is 5.90. The van der Waals surface area contributed by atoms with Gasteiger partial charge in [-0.05, 0) is 49.8 Å². The van der Waals surface area contributed by atoms with Crippen molar-refractivity contribution in [3.63, 3.8) is 0 Å². The minimum atomic E-state index is -0.218. The molecule has 2 unspecified atom stereocenters. The predicted molar refractivity (Wildman–Crippen MR) is 93.4 cm³/mol. The number of carbonyl (C=O) groups excluding carboxylic acids is 1. The van der Waals surface area contributed by atoms with E-state index in [1.165, 1.54) is 18.4 Å². The number of nitrogens with zero attached hydrogens (tertiary/aromatic N) is 1. The molecule has 1 aromatic carbocycles. The maximum Gasteiger partial charge on any atom is 0.233 e. The van der Waals surface area contributed by atoms with Gasteiger partial charge in [-0.2, -0.15) is 0 Å². The molecule has 22 heavy (non-hydrogen) atoms. The molecule has 4 rings (SSSR count). The number of nitrogens with one attached hydrogen (secondary N) is 1. The highest BCUT2D eigenvalue weighted by Crippen LogP contribution is 2.50. The third-order valence-electron chi connectivity index (χ3n) is 5.37. The first-order chi connectivity index (χ1) is 10.2. The Morgan fingerprint density at radius 2 is 1.82 bits per heavy atom. The quantitative estimate of drug-likeness (QED) is 0.847. The molecule has 1 saturated carbocycles. The van der Waals surface area contributed by atoms with Crippen molar-refractivity contribution < 1.29 is 4.79 Å². The monoisotopic (exact) mass is 384 g/mol. The van der Waals surface area contributed by atoms with Gasteiger partial charge in [-0.3, -0.25) is 4.79 Å². The molecule has 5 heteroatoms. The fourth-order valence-corrected chi connectivity index (χ4v) is 4.21. The van der Waals surface area contributed by atoms with Crippen molar-refractivity contribution in [3.05, 3.63) is 34.3 Å². The van der Waals surface area contributed by atoms with Crippen LogP contribution < -0.4 is 5.32 Å². The molecule has 3 nitrogen and oxygen atoms in total. The van der Waals surface area contributed by atoms with Gasteiger partial charge in [0, 0.05) is 29.6 Å². The van der Waals surface area contributed by atoms with Crippen LogP contribution in [0.4, 0.5) is 0 Å². The first-order valence-corrected chi connectivity index (χ1v) is 8.78. The van der Waals surface area contributed by atoms with E-state index >= 15 is 0 Å². The van der Waals surface area contributed by atoms with Gasteiger partial charge in [-0.1, -0.05) is 28.1 Å². The first-order valence-electron chi connectivity index (χ1n) is 7.99. The average molecular weight is 386 g/mol. The second-order valence-electron chi connectivity index (χ2n) is 6.77. The molecule has 1 amide bonds. The van der Waals surface area contributed by atoms with Gasteiger partial charge in [0.15, 0.2) is 0 Å². The Morgan fingerprint density at radius 3 is 2.50 bits per heavy atom. The minimum Gasteiger partial charge on any atom is -0.340 e. The molecule has 2 saturated heterocycles. The van der Waals surface area contributed by atoms with E-state index in [1.54, 1.807) is 0 Å². The van der Waals surface area contributed by atoms with Crippen molar-refractivity contribution in [3.8, 4) is 0 Å². The van der Waals surface area contributed by atoms with E-state index in [9.17, 15) is 4.79 Å². The van der Waals surface area contributed by atoms with E-state index in [0.717, 1.165) is 36.8 Å². The Morgan fingerprint density at radius 1 is 1.14 bits per heavy atom. The van der Waals surface area contributed by atoms with Crippen molar-refractivity contribution >= 4 is 34.2 Å². The maximum absolute atomic E-state index is 13.1. The summed E-state index contributed by atoms with van der Waals surface area (Å²) in [6.45, 7) is 1.82. The molecule has 3 fully saturated rings. The molecule has 1 N–H and O–H groups in total. The van der Waals surface area contributed by atoms with Gasteiger partial charge in [-0.15, -0.1) is 12.4 Å². The SMILES string of the molecule is Cl.O=C(N1CCC2CCC(C1)N2)C1(c2ccc(Br)cc2)CC1. The second-order valence-corrected chi connectivity index (χ2v) is 7.68. The molecule has 1 aromatic rings. The smallest absolute Gasteiger partial charge is 0.233 e. The number of likely N-dealkylation sites (tertiary alicyclic amines) is 1. The normalized spacial score (nSPS) is 28.7. The van der Waals surface area contributed by atoms with Gasteiger partial charge in [-0.25, -0.2) is 0 Å². The highest BCUT2D eigenvalue weighted by molar-refractivity contribution is 9.10. The number of amides is 1. The van der Waals surface area contributed by atoms with Crippen LogP contribution in [0, 0.1) is 0 Å². The third kappa shape index (κ3) is 2.81. The van der Waals surface area contributed by atoms with Crippen molar-refractivity contribution in [2.45, 2.75) is 49.6 Å². The number of hydrogen-bond acceptors (Lipinski definition) is 2. The molecule has 2 bridgehead atoms. The minimum absolute atomic E-state index is 0. The maximum atomic E-state index is 13.1. The van der Waals surface area contributed by atoms with Gasteiger partial charge in [0.05, 0.1) is 5.41 Å². The van der Waals surface area contributed by atoms with Gasteiger partial charge < -0.3 is 10.2 Å². The molecule has 2 aliphatic heterocycles. The Kier molecular flexibility index (Phi) is 4.54. The van der Waals surface area contributed by atoms with Gasteiger partial charge in [0.1, 0.15) is 0 Å². The van der Waals surface area contributed by atoms with Crippen LogP contribution in [0.25, 0.3) is 0 Å². The van der Waals surface area contributed by atoms with Crippen molar-refractivity contribution in [2.24, 2.45) is 0 Å². The van der Waals surface area contributed by atoms with E-state index in [0.29, 0.717) is 18.0 Å². The molecule has 0 aromatic heterocycles. The lowest BCUT2D eigenvalue weighted by atomic mass is 9.93. The molecule has 0 radical (unpaired) electrons. The zero-order chi connectivity index (χ0) is 14.4. The Hall–Kier alpha value is -0.580. The van der Waals surface area contributed by atoms with Crippen molar-refractivity contribution in [1.29, 1.82) is 0 Å². The number of carbonyl (C=O) groups is 1. The Bertz CT molecular complexity index is 558. The zero-order valence-corrected chi connectivity index (χ0v) is 15.0. The summed E-state index contributed by atoms with van der Waals surface area (Å²) in [4.78, 5) is 15.2. The summed E-state index contributed by atoms with van der Waals surface area (Å²) >= 11 is 3.48. The number of rotatable bonds is 2. The van der Waals surface area contributed by atoms with Gasteiger partial charge in [0.2, 0.25) is 5.91 Å². The summed E-state index contributed by atoms with van der Waals surface area (Å²) in [6, 6.07) is 9.47. The van der Waals surface area contributed by atoms with E-state index in [-0.39, 0.29) is 17.8 Å². The topological polar surface area (TPSA) is 32.3 Å². The molecule has 1 aliphatic carbocycles. The lowest BCUT2D eigenvalue weighted by Gasteiger charge is -2.29. The standard InChI is InChI=1S/C17H21BrN2O.ClH/c18-13-3-1-12(2-4-13)17(8-9-17)16(21)20-10-7-14-5-6-15(11-20)19-14;/h1-4,14-15,19H,5-11H2;1H. The van der Waals surface area contributed by atoms with Crippen LogP contribution in [-0.2, 0) is 10.2 Å². The van der Waals surface area contributed by atoms with Crippen LogP contribution in [0.2, 0.25) is 0 Å². The number of halogens is 2. The van der Waals surface area contributed by atoms with E-state index in [1.807, 2.05) is 0 Å². The van der Waals surface area contributed by atoms with Crippen LogP contribution in [0.15, 0.2) is 28.7 Å². The Labute approximate surface area is 146 Å². The van der Waals surface area contributed by atoms with Crippen molar-refractivity contribution in [1.82, 2.24) is 10.2 Å². The highest BCUT2D eigenvalue weighted by Gasteiger charge is 2.53. The number of fused-ring (bicyclic) bond motifs is 2. The van der Waals surface area contributed by atoms with E-state index < -0.39 is 0 Å². The fraction of sp³-hybridized carbons (Fsp3) is 0.588. The first kappa shape index (κ1) is 16.3. The summed E-state index contributed by atoms with van der Waals surface area (Å²) < 4.78 is 1.07. The number of benzene rings is 1. The largest absolute Gasteiger partial charge is 0.340 e. The summed E-state index contributed by atoms with van der Waals surface area (Å²) in [5, 5.41) is 3.66. The average Bonchev–Trinajstić information content (AvgIpc) is 3.20. The predicted octanol–water partition coefficient (Wildman–Crippen LogP) is 3.26. The fourth-order valence-electron chi connectivity index (χ4n) is 3.95. The van der Waals surface area contributed by atoms with Crippen LogP contribution in [0.3, 0.4) is 0 Å².